The standard InChI is InChI=1S/C17H20ClFN4O3S/c1-10-16(11(2)22-21-10)27(25,26)23-7-3-4-12(9-23)17(24)20-13-5-6-15(19)14(18)8-13/h5-6,8,12H,3-4,7,9H2,1-2H3,(H,20,24)(H,21,22)/t12-/m1/s1. The number of piperidine rings is 1. The van der Waals surface area contributed by atoms with Crippen LogP contribution in [0, 0.1) is 25.6 Å². The quantitative estimate of drug-likeness (QED) is 0.804. The average molecular weight is 415 g/mol. The highest BCUT2D eigenvalue weighted by Gasteiger charge is 2.35. The van der Waals surface area contributed by atoms with Gasteiger partial charge in [-0.2, -0.15) is 9.40 Å². The Kier molecular flexibility index (Phi) is 5.55. The Balaban J connectivity index is 1.75. The molecular formula is C17H20ClFN4O3S. The summed E-state index contributed by atoms with van der Waals surface area (Å²) in [4.78, 5) is 12.7. The number of aromatic amines is 1. The molecule has 1 aromatic heterocycles. The zero-order valence-corrected chi connectivity index (χ0v) is 16.5. The van der Waals surface area contributed by atoms with Gasteiger partial charge in [-0.05, 0) is 44.9 Å². The lowest BCUT2D eigenvalue weighted by Gasteiger charge is -2.31. The number of aromatic nitrogens is 2. The molecule has 1 aliphatic heterocycles. The molecular weight excluding hydrogens is 395 g/mol. The number of carbonyl (C=O) groups excluding carboxylic acids is 1. The number of amides is 1. The van der Waals surface area contributed by atoms with Crippen molar-refractivity contribution in [2.24, 2.45) is 5.92 Å². The van der Waals surface area contributed by atoms with Crippen LogP contribution in [0.5, 0.6) is 0 Å². The monoisotopic (exact) mass is 414 g/mol. The van der Waals surface area contributed by atoms with E-state index in [1.165, 1.54) is 22.5 Å². The first-order chi connectivity index (χ1) is 12.7. The molecule has 1 saturated heterocycles. The average Bonchev–Trinajstić information content (AvgIpc) is 2.97. The number of carbonyl (C=O) groups is 1. The highest BCUT2D eigenvalue weighted by Crippen LogP contribution is 2.28. The number of H-pyrrole nitrogens is 1. The smallest absolute Gasteiger partial charge is 0.246 e. The Morgan fingerprint density at radius 2 is 2.15 bits per heavy atom. The number of halogens is 2. The summed E-state index contributed by atoms with van der Waals surface area (Å²) in [5, 5.41) is 9.22. The maximum atomic E-state index is 13.2. The van der Waals surface area contributed by atoms with Crippen molar-refractivity contribution in [2.45, 2.75) is 31.6 Å². The second-order valence-corrected chi connectivity index (χ2v) is 8.87. The maximum Gasteiger partial charge on any atom is 0.246 e. The topological polar surface area (TPSA) is 95.2 Å². The van der Waals surface area contributed by atoms with Gasteiger partial charge in [0.2, 0.25) is 15.9 Å². The van der Waals surface area contributed by atoms with Gasteiger partial charge in [-0.15, -0.1) is 0 Å². The second-order valence-electron chi connectivity index (χ2n) is 6.58. The van der Waals surface area contributed by atoms with Crippen LogP contribution in [-0.2, 0) is 14.8 Å². The lowest BCUT2D eigenvalue weighted by Crippen LogP contribution is -2.43. The van der Waals surface area contributed by atoms with Crippen LogP contribution in [0.15, 0.2) is 23.1 Å². The summed E-state index contributed by atoms with van der Waals surface area (Å²) in [6.07, 6.45) is 1.13. The summed E-state index contributed by atoms with van der Waals surface area (Å²) < 4.78 is 40.5. The first-order valence-electron chi connectivity index (χ1n) is 8.47. The highest BCUT2D eigenvalue weighted by molar-refractivity contribution is 7.89. The third-order valence-electron chi connectivity index (χ3n) is 4.60. The van der Waals surface area contributed by atoms with Gasteiger partial charge in [-0.1, -0.05) is 11.6 Å². The summed E-state index contributed by atoms with van der Waals surface area (Å²) in [7, 11) is -3.74. The molecule has 10 heteroatoms. The third-order valence-corrected chi connectivity index (χ3v) is 7.02. The zero-order valence-electron chi connectivity index (χ0n) is 14.9. The van der Waals surface area contributed by atoms with Crippen molar-refractivity contribution < 1.29 is 17.6 Å². The van der Waals surface area contributed by atoms with Crippen LogP contribution >= 0.6 is 11.6 Å². The van der Waals surface area contributed by atoms with Crippen molar-refractivity contribution in [2.75, 3.05) is 18.4 Å². The van der Waals surface area contributed by atoms with Gasteiger partial charge < -0.3 is 5.32 Å². The highest BCUT2D eigenvalue weighted by atomic mass is 35.5. The minimum absolute atomic E-state index is 0.0765. The molecule has 2 aromatic rings. The van der Waals surface area contributed by atoms with E-state index in [-0.39, 0.29) is 22.4 Å². The van der Waals surface area contributed by atoms with Crippen LogP contribution in [0.2, 0.25) is 5.02 Å². The van der Waals surface area contributed by atoms with E-state index in [9.17, 15) is 17.6 Å². The van der Waals surface area contributed by atoms with Crippen molar-refractivity contribution in [3.05, 3.63) is 40.4 Å². The fraction of sp³-hybridized carbons (Fsp3) is 0.412. The lowest BCUT2D eigenvalue weighted by atomic mass is 9.99. The third kappa shape index (κ3) is 3.99. The lowest BCUT2D eigenvalue weighted by molar-refractivity contribution is -0.120. The molecule has 3 rings (SSSR count). The van der Waals surface area contributed by atoms with Gasteiger partial charge in [0, 0.05) is 18.8 Å². The Labute approximate surface area is 162 Å². The molecule has 1 atom stereocenters. The molecule has 0 aliphatic carbocycles. The number of anilines is 1. The zero-order chi connectivity index (χ0) is 19.8. The van der Waals surface area contributed by atoms with Crippen LogP contribution < -0.4 is 5.32 Å². The van der Waals surface area contributed by atoms with Crippen LogP contribution in [0.1, 0.15) is 24.2 Å². The second kappa shape index (κ2) is 7.57. The van der Waals surface area contributed by atoms with Gasteiger partial charge in [0.1, 0.15) is 10.7 Å². The molecule has 0 spiro atoms. The van der Waals surface area contributed by atoms with E-state index in [4.69, 9.17) is 11.6 Å². The molecule has 7 nitrogen and oxygen atoms in total. The Bertz CT molecular complexity index is 957. The molecule has 1 fully saturated rings. The number of nitrogens with zero attached hydrogens (tertiary/aromatic N) is 2. The molecule has 0 unspecified atom stereocenters. The molecule has 2 heterocycles. The summed E-state index contributed by atoms with van der Waals surface area (Å²) >= 11 is 5.73. The van der Waals surface area contributed by atoms with Crippen LogP contribution in [0.25, 0.3) is 0 Å². The Morgan fingerprint density at radius 1 is 1.41 bits per heavy atom. The van der Waals surface area contributed by atoms with Crippen molar-refractivity contribution in [1.82, 2.24) is 14.5 Å². The number of hydrogen-bond donors (Lipinski definition) is 2. The largest absolute Gasteiger partial charge is 0.326 e. The number of sulfonamides is 1. The summed E-state index contributed by atoms with van der Waals surface area (Å²) in [5.41, 5.74) is 1.24. The fourth-order valence-electron chi connectivity index (χ4n) is 3.24. The first-order valence-corrected chi connectivity index (χ1v) is 10.3. The van der Waals surface area contributed by atoms with E-state index in [0.717, 1.165) is 0 Å². The van der Waals surface area contributed by atoms with E-state index in [0.29, 0.717) is 36.5 Å². The maximum absolute atomic E-state index is 13.2. The molecule has 1 amide bonds. The van der Waals surface area contributed by atoms with Gasteiger partial charge in [0.25, 0.3) is 0 Å². The number of rotatable bonds is 4. The molecule has 0 radical (unpaired) electrons. The van der Waals surface area contributed by atoms with Gasteiger partial charge in [-0.25, -0.2) is 12.8 Å². The van der Waals surface area contributed by atoms with Gasteiger partial charge in [-0.3, -0.25) is 9.89 Å². The fourth-order valence-corrected chi connectivity index (χ4v) is 5.28. The molecule has 2 N–H and O–H groups in total. The van der Waals surface area contributed by atoms with E-state index in [1.807, 2.05) is 0 Å². The minimum Gasteiger partial charge on any atom is -0.326 e. The van der Waals surface area contributed by atoms with E-state index in [2.05, 4.69) is 15.5 Å². The van der Waals surface area contributed by atoms with Crippen LogP contribution in [-0.4, -0.2) is 41.9 Å². The van der Waals surface area contributed by atoms with E-state index < -0.39 is 21.8 Å². The molecule has 0 saturated carbocycles. The minimum atomic E-state index is -3.74. The number of benzene rings is 1. The van der Waals surface area contributed by atoms with Crippen molar-refractivity contribution in [3.63, 3.8) is 0 Å². The first kappa shape index (κ1) is 19.8. The van der Waals surface area contributed by atoms with E-state index >= 15 is 0 Å². The van der Waals surface area contributed by atoms with Crippen molar-refractivity contribution >= 4 is 33.2 Å². The van der Waals surface area contributed by atoms with Crippen LogP contribution in [0.3, 0.4) is 0 Å². The number of nitrogens with one attached hydrogen (secondary N) is 2. The molecule has 0 bridgehead atoms. The Morgan fingerprint density at radius 3 is 2.78 bits per heavy atom. The van der Waals surface area contributed by atoms with Gasteiger partial charge in [0.05, 0.1) is 22.3 Å². The summed E-state index contributed by atoms with van der Waals surface area (Å²) in [6.45, 7) is 3.70. The van der Waals surface area contributed by atoms with Crippen LogP contribution in [0.4, 0.5) is 10.1 Å². The predicted molar refractivity (Wildman–Crippen MR) is 99.6 cm³/mol. The van der Waals surface area contributed by atoms with Gasteiger partial charge in [0.15, 0.2) is 0 Å². The van der Waals surface area contributed by atoms with Crippen molar-refractivity contribution in [1.29, 1.82) is 0 Å². The molecule has 1 aliphatic rings. The van der Waals surface area contributed by atoms with Crippen molar-refractivity contribution in [3.8, 4) is 0 Å². The molecule has 27 heavy (non-hydrogen) atoms. The molecule has 146 valence electrons. The predicted octanol–water partition coefficient (Wildman–Crippen LogP) is 2.86. The normalized spacial score (nSPS) is 18.4. The number of hydrogen-bond acceptors (Lipinski definition) is 4. The van der Waals surface area contributed by atoms with Gasteiger partial charge >= 0.3 is 0 Å². The molecule has 1 aromatic carbocycles. The summed E-state index contributed by atoms with van der Waals surface area (Å²) in [6, 6.07) is 3.90. The van der Waals surface area contributed by atoms with E-state index in [1.54, 1.807) is 13.8 Å². The Hall–Kier alpha value is -1.97. The summed E-state index contributed by atoms with van der Waals surface area (Å²) in [5.74, 6) is -1.40. The number of aryl methyl sites for hydroxylation is 2. The SMILES string of the molecule is Cc1n[nH]c(C)c1S(=O)(=O)N1CCC[C@@H](C(=O)Nc2ccc(F)c(Cl)c2)C1.